The fourth-order valence-electron chi connectivity index (χ4n) is 2.02. The molecule has 7 heteroatoms. The van der Waals surface area contributed by atoms with Crippen molar-refractivity contribution in [2.75, 3.05) is 6.54 Å². The van der Waals surface area contributed by atoms with Gasteiger partial charge in [-0.05, 0) is 0 Å². The summed E-state index contributed by atoms with van der Waals surface area (Å²) in [4.78, 5) is 22.7. The minimum absolute atomic E-state index is 0.0826. The molecule has 0 aliphatic carbocycles. The first-order valence-corrected chi connectivity index (χ1v) is 8.29. The van der Waals surface area contributed by atoms with Crippen LogP contribution in [0.4, 0.5) is 4.79 Å². The average molecular weight is 369 g/mol. The van der Waals surface area contributed by atoms with Crippen molar-refractivity contribution in [1.82, 2.24) is 13.9 Å². The van der Waals surface area contributed by atoms with Crippen LogP contribution in [0.25, 0.3) is 0 Å². The molecule has 4 N–H and O–H groups in total. The van der Waals surface area contributed by atoms with Crippen molar-refractivity contribution in [2.45, 2.75) is 51.6 Å². The molecule has 106 valence electrons. The van der Waals surface area contributed by atoms with Crippen molar-refractivity contribution in [1.29, 1.82) is 0 Å². The Morgan fingerprint density at radius 1 is 1.33 bits per heavy atom. The van der Waals surface area contributed by atoms with Crippen LogP contribution in [-0.2, 0) is 4.79 Å². The van der Waals surface area contributed by atoms with Crippen LogP contribution in [0, 0.1) is 0 Å². The van der Waals surface area contributed by atoms with Crippen LogP contribution in [0.15, 0.2) is 0 Å². The third-order valence-electron chi connectivity index (χ3n) is 3.04. The zero-order chi connectivity index (χ0) is 13.5. The molecule has 2 atom stereocenters. The van der Waals surface area contributed by atoms with Crippen molar-refractivity contribution in [2.24, 2.45) is 5.84 Å². The van der Waals surface area contributed by atoms with Gasteiger partial charge in [0.05, 0.1) is 0 Å². The fourth-order valence-corrected chi connectivity index (χ4v) is 4.48. The summed E-state index contributed by atoms with van der Waals surface area (Å²) in [5.74, 6) is 4.70. The van der Waals surface area contributed by atoms with Gasteiger partial charge in [-0.2, -0.15) is 0 Å². The molecule has 1 aliphatic heterocycles. The van der Waals surface area contributed by atoms with E-state index in [0.717, 1.165) is 0 Å². The Balaban J connectivity index is 2.28. The Kier molecular flexibility index (Phi) is 6.87. The van der Waals surface area contributed by atoms with Crippen LogP contribution in [0.1, 0.15) is 39.5 Å². The molecular weight excluding hydrogens is 347 g/mol. The van der Waals surface area contributed by atoms with Gasteiger partial charge >= 0.3 is 119 Å². The Hall–Kier alpha value is -0.410. The second-order valence-corrected chi connectivity index (χ2v) is 7.15. The van der Waals surface area contributed by atoms with E-state index in [1.165, 1.54) is 19.3 Å². The second kappa shape index (κ2) is 7.90. The molecule has 1 rings (SSSR count). The van der Waals surface area contributed by atoms with Gasteiger partial charge in [0.25, 0.3) is 0 Å². The molecule has 0 radical (unpaired) electrons. The van der Waals surface area contributed by atoms with Crippen LogP contribution < -0.4 is 38.1 Å². The Morgan fingerprint density at radius 3 is 2.50 bits per heavy atom. The van der Waals surface area contributed by atoms with Gasteiger partial charge in [0, 0.05) is 0 Å². The molecule has 0 aromatic heterocycles. The molecule has 1 saturated heterocycles. The van der Waals surface area contributed by atoms with Gasteiger partial charge in [0.2, 0.25) is 0 Å². The summed E-state index contributed by atoms with van der Waals surface area (Å²) in [5.41, 5.74) is 2.04. The number of carbonyl (C=O) groups is 2. The number of halogens is 1. The summed E-state index contributed by atoms with van der Waals surface area (Å²) in [5, 5.41) is 2.79. The summed E-state index contributed by atoms with van der Waals surface area (Å²) in [6.45, 7) is 4.73. The third-order valence-corrected chi connectivity index (χ3v) is 6.32. The van der Waals surface area contributed by atoms with Gasteiger partial charge in [-0.3, -0.25) is 0 Å². The molecule has 0 spiro atoms. The number of carbonyl (C=O) groups excluding carboxylic acids is 2. The zero-order valence-corrected chi connectivity index (χ0v) is 13.1. The summed E-state index contributed by atoms with van der Waals surface area (Å²) in [6.07, 6.45) is 3.83. The molecule has 0 aromatic rings. The van der Waals surface area contributed by atoms with E-state index in [1.807, 2.05) is 5.43 Å². The molecule has 0 saturated carbocycles. The SMILES string of the molecule is C[C@@H]1CCC[C@H](C)N1[I-]C(=O)NCCC(=O)NN. The number of hydrogen-bond acceptors (Lipinski definition) is 4. The van der Waals surface area contributed by atoms with Crippen molar-refractivity contribution in [3.05, 3.63) is 0 Å². The number of rotatable bonds is 5. The van der Waals surface area contributed by atoms with E-state index in [0.29, 0.717) is 18.6 Å². The van der Waals surface area contributed by atoms with E-state index in [2.05, 4.69) is 22.3 Å². The average Bonchev–Trinajstić information content (AvgIpc) is 2.34. The topological polar surface area (TPSA) is 87.5 Å². The van der Waals surface area contributed by atoms with Gasteiger partial charge in [-0.1, -0.05) is 0 Å². The molecule has 1 heterocycles. The number of piperidine rings is 1. The quantitative estimate of drug-likeness (QED) is 0.0940. The normalized spacial score (nSPS) is 24.8. The van der Waals surface area contributed by atoms with Crippen LogP contribution in [0.5, 0.6) is 0 Å². The van der Waals surface area contributed by atoms with Crippen molar-refractivity contribution in [3.8, 4) is 0 Å². The van der Waals surface area contributed by atoms with E-state index >= 15 is 0 Å². The maximum absolute atomic E-state index is 11.8. The van der Waals surface area contributed by atoms with Gasteiger partial charge in [-0.25, -0.2) is 0 Å². The zero-order valence-electron chi connectivity index (χ0n) is 10.9. The molecule has 1 fully saturated rings. The van der Waals surface area contributed by atoms with Gasteiger partial charge in [-0.15, -0.1) is 0 Å². The molecule has 0 bridgehead atoms. The van der Waals surface area contributed by atoms with Crippen molar-refractivity contribution >= 4 is 9.82 Å². The Morgan fingerprint density at radius 2 is 1.94 bits per heavy atom. The van der Waals surface area contributed by atoms with E-state index < -0.39 is 21.5 Å². The summed E-state index contributed by atoms with van der Waals surface area (Å²) in [6, 6.07) is 0.999. The first-order valence-electron chi connectivity index (χ1n) is 6.25. The predicted octanol–water partition coefficient (Wildman–Crippen LogP) is -2.66. The molecule has 18 heavy (non-hydrogen) atoms. The van der Waals surface area contributed by atoms with Crippen molar-refractivity contribution in [3.63, 3.8) is 0 Å². The number of hydrogen-bond donors (Lipinski definition) is 3. The van der Waals surface area contributed by atoms with E-state index in [-0.39, 0.29) is 16.2 Å². The first kappa shape index (κ1) is 15.6. The van der Waals surface area contributed by atoms with Gasteiger partial charge in [0.15, 0.2) is 0 Å². The van der Waals surface area contributed by atoms with E-state index in [9.17, 15) is 9.59 Å². The molecule has 6 nitrogen and oxygen atoms in total. The molecular formula is C11H22IN4O2-. The molecule has 0 aromatic carbocycles. The monoisotopic (exact) mass is 369 g/mol. The van der Waals surface area contributed by atoms with Gasteiger partial charge < -0.3 is 0 Å². The number of hydrazine groups is 1. The number of nitrogens with two attached hydrogens (primary N) is 1. The van der Waals surface area contributed by atoms with E-state index in [1.54, 1.807) is 0 Å². The number of nitrogens with one attached hydrogen (secondary N) is 2. The minimum atomic E-state index is -0.656. The van der Waals surface area contributed by atoms with Crippen LogP contribution in [0.2, 0.25) is 0 Å². The standard InChI is InChI=1S/C11H22IN4O2/c1-8-4-3-5-9(2)16(8)12-11(18)14-7-6-10(17)15-13/h8-9H,3-7,13H2,1-2H3,(H,14,18)(H,15,17)/q-1/t8-,9+. The number of amides is 2. The first-order chi connectivity index (χ1) is 8.54. The second-order valence-electron chi connectivity index (χ2n) is 4.58. The molecule has 2 amide bonds. The Bertz CT molecular complexity index is 291. The third kappa shape index (κ3) is 5.07. The predicted molar refractivity (Wildman–Crippen MR) is 65.0 cm³/mol. The van der Waals surface area contributed by atoms with E-state index in [4.69, 9.17) is 5.84 Å². The summed E-state index contributed by atoms with van der Waals surface area (Å²) < 4.78 is 2.42. The number of nitrogens with zero attached hydrogens (tertiary/aromatic N) is 1. The fraction of sp³-hybridized carbons (Fsp3) is 0.818. The summed E-state index contributed by atoms with van der Waals surface area (Å²) >= 11 is -0.656. The Labute approximate surface area is 119 Å². The molecule has 1 aliphatic rings. The van der Waals surface area contributed by atoms with Gasteiger partial charge in [0.1, 0.15) is 0 Å². The van der Waals surface area contributed by atoms with Crippen LogP contribution >= 0.6 is 0 Å². The summed E-state index contributed by atoms with van der Waals surface area (Å²) in [7, 11) is 0. The maximum atomic E-state index is 11.8. The molecule has 0 unspecified atom stereocenters. The van der Waals surface area contributed by atoms with Crippen LogP contribution in [-0.4, -0.2) is 31.6 Å². The van der Waals surface area contributed by atoms with Crippen molar-refractivity contribution < 1.29 is 31.1 Å². The van der Waals surface area contributed by atoms with Crippen LogP contribution in [0.3, 0.4) is 0 Å².